The van der Waals surface area contributed by atoms with Gasteiger partial charge in [-0.3, -0.25) is 4.40 Å². The first-order valence-electron chi connectivity index (χ1n) is 17.5. The molecule has 0 saturated carbocycles. The van der Waals surface area contributed by atoms with E-state index >= 15 is 0 Å². The molecule has 4 heteroatoms. The third kappa shape index (κ3) is 4.46. The van der Waals surface area contributed by atoms with E-state index in [4.69, 9.17) is 10.2 Å². The summed E-state index contributed by atoms with van der Waals surface area (Å²) in [5, 5.41) is 13.3. The molecular weight excluding hydrogens is 621 g/mol. The van der Waals surface area contributed by atoms with Crippen LogP contribution in [0.25, 0.3) is 61.0 Å². The summed E-state index contributed by atoms with van der Waals surface area (Å²) in [6, 6.07) is 60.7. The highest BCUT2D eigenvalue weighted by Crippen LogP contribution is 2.52. The third-order valence-corrected chi connectivity index (χ3v) is 10.7. The molecule has 0 saturated heterocycles. The fraction of sp³-hybridized carbons (Fsp3) is 0.0638. The number of nitrogens with zero attached hydrogens (tertiary/aromatic N) is 4. The number of benzene rings is 7. The lowest BCUT2D eigenvalue weighted by molar-refractivity contribution is 0.660. The second-order valence-corrected chi connectivity index (χ2v) is 13.9. The number of para-hydroxylation sites is 3. The van der Waals surface area contributed by atoms with Crippen molar-refractivity contribution >= 4 is 44.4 Å². The highest BCUT2D eigenvalue weighted by molar-refractivity contribution is 6.13. The van der Waals surface area contributed by atoms with Crippen molar-refractivity contribution in [3.63, 3.8) is 0 Å². The zero-order valence-corrected chi connectivity index (χ0v) is 28.5. The molecule has 0 N–H and O–H groups in total. The molecule has 2 aromatic heterocycles. The van der Waals surface area contributed by atoms with Gasteiger partial charge in [-0.15, -0.1) is 10.2 Å². The van der Waals surface area contributed by atoms with E-state index < -0.39 is 0 Å². The molecule has 0 atom stereocenters. The molecular formula is C47H34N4. The lowest BCUT2D eigenvalue weighted by Gasteiger charge is -2.25. The van der Waals surface area contributed by atoms with E-state index in [1.807, 2.05) is 0 Å². The maximum Gasteiger partial charge on any atom is 0.169 e. The Hall–Kier alpha value is -6.52. The van der Waals surface area contributed by atoms with E-state index in [-0.39, 0.29) is 5.41 Å². The van der Waals surface area contributed by atoms with Gasteiger partial charge in [0.05, 0.1) is 5.52 Å². The number of aromatic nitrogens is 3. The van der Waals surface area contributed by atoms with E-state index in [2.05, 4.69) is 193 Å². The Labute approximate surface area is 296 Å². The summed E-state index contributed by atoms with van der Waals surface area (Å²) in [5.41, 5.74) is 13.9. The highest BCUT2D eigenvalue weighted by atomic mass is 15.3. The lowest BCUT2D eigenvalue weighted by Crippen LogP contribution is -2.14. The van der Waals surface area contributed by atoms with Gasteiger partial charge in [0.1, 0.15) is 0 Å². The third-order valence-electron chi connectivity index (χ3n) is 10.7. The summed E-state index contributed by atoms with van der Waals surface area (Å²) in [5.74, 6) is 0.813. The van der Waals surface area contributed by atoms with Crippen molar-refractivity contribution in [1.29, 1.82) is 0 Å². The Bertz CT molecular complexity index is 2740. The van der Waals surface area contributed by atoms with Crippen molar-refractivity contribution in [3.8, 4) is 33.6 Å². The smallest absolute Gasteiger partial charge is 0.169 e. The van der Waals surface area contributed by atoms with Crippen LogP contribution in [0.3, 0.4) is 0 Å². The summed E-state index contributed by atoms with van der Waals surface area (Å²) in [4.78, 5) is 2.28. The molecule has 0 aliphatic heterocycles. The Morgan fingerprint density at radius 2 is 1.12 bits per heavy atom. The summed E-state index contributed by atoms with van der Waals surface area (Å²) in [7, 11) is 0. The summed E-state index contributed by atoms with van der Waals surface area (Å²) in [6.07, 6.45) is 0. The minimum atomic E-state index is -0.0602. The predicted octanol–water partition coefficient (Wildman–Crippen LogP) is 12.1. The molecule has 10 rings (SSSR count). The van der Waals surface area contributed by atoms with Gasteiger partial charge in [-0.2, -0.15) is 0 Å². The van der Waals surface area contributed by atoms with E-state index in [0.717, 1.165) is 45.0 Å². The topological polar surface area (TPSA) is 33.4 Å². The van der Waals surface area contributed by atoms with Crippen molar-refractivity contribution < 1.29 is 0 Å². The summed E-state index contributed by atoms with van der Waals surface area (Å²) in [6.45, 7) is 4.67. The maximum atomic E-state index is 4.93. The van der Waals surface area contributed by atoms with Crippen molar-refractivity contribution in [3.05, 3.63) is 181 Å². The van der Waals surface area contributed by atoms with Gasteiger partial charge in [-0.1, -0.05) is 135 Å². The Balaban J connectivity index is 1.18. The van der Waals surface area contributed by atoms with Crippen LogP contribution in [0.5, 0.6) is 0 Å². The summed E-state index contributed by atoms with van der Waals surface area (Å²) >= 11 is 0. The number of hydrogen-bond donors (Lipinski definition) is 0. The van der Waals surface area contributed by atoms with Crippen LogP contribution >= 0.6 is 0 Å². The predicted molar refractivity (Wildman–Crippen MR) is 211 cm³/mol. The Morgan fingerprint density at radius 3 is 1.92 bits per heavy atom. The highest BCUT2D eigenvalue weighted by Gasteiger charge is 2.36. The zero-order chi connectivity index (χ0) is 34.1. The largest absolute Gasteiger partial charge is 0.310 e. The van der Waals surface area contributed by atoms with Crippen LogP contribution in [-0.4, -0.2) is 14.6 Å². The van der Waals surface area contributed by atoms with Crippen molar-refractivity contribution in [1.82, 2.24) is 14.6 Å². The molecule has 0 fully saturated rings. The van der Waals surface area contributed by atoms with Gasteiger partial charge in [0.2, 0.25) is 0 Å². The molecule has 242 valence electrons. The fourth-order valence-corrected chi connectivity index (χ4v) is 8.28. The van der Waals surface area contributed by atoms with Crippen LogP contribution in [0.1, 0.15) is 25.0 Å². The fourth-order valence-electron chi connectivity index (χ4n) is 8.28. The van der Waals surface area contributed by atoms with Crippen molar-refractivity contribution in [2.75, 3.05) is 4.90 Å². The van der Waals surface area contributed by atoms with Crippen LogP contribution in [-0.2, 0) is 5.41 Å². The first-order valence-corrected chi connectivity index (χ1v) is 17.5. The second kappa shape index (κ2) is 11.3. The summed E-state index contributed by atoms with van der Waals surface area (Å²) < 4.78 is 2.24. The van der Waals surface area contributed by atoms with E-state index in [0.29, 0.717) is 0 Å². The SMILES string of the molecule is CC1(C)c2ccccc2-c2c(-c3ccc4c5ccccc5n5c(-c6cccc(N(c7ccccc7)c7ccccc7)c6)nnc5c4c3)cccc21. The Morgan fingerprint density at radius 1 is 0.471 bits per heavy atom. The standard InChI is InChI=1S/C47H34N4/c1-47(2)41-24-11-9-22-39(41)44-36(23-14-25-42(44)47)31-27-28-37-38-21-10-12-26-43(38)51-45(48-49-46(51)40(37)30-31)32-15-13-20-35(29-32)50(33-16-5-3-6-17-33)34-18-7-4-8-19-34/h3-30H,1-2H3. The molecule has 1 aliphatic carbocycles. The minimum absolute atomic E-state index is 0.0602. The molecule has 9 aromatic rings. The molecule has 4 nitrogen and oxygen atoms in total. The number of pyridine rings is 1. The molecule has 2 heterocycles. The molecule has 0 amide bonds. The number of rotatable bonds is 5. The van der Waals surface area contributed by atoms with Crippen LogP contribution in [0.15, 0.2) is 170 Å². The van der Waals surface area contributed by atoms with Crippen molar-refractivity contribution in [2.24, 2.45) is 0 Å². The number of fused-ring (bicyclic) bond motifs is 9. The second-order valence-electron chi connectivity index (χ2n) is 13.9. The van der Waals surface area contributed by atoms with Crippen LogP contribution in [0, 0.1) is 0 Å². The normalized spacial score (nSPS) is 13.1. The zero-order valence-electron chi connectivity index (χ0n) is 28.5. The molecule has 1 aliphatic rings. The van der Waals surface area contributed by atoms with Gasteiger partial charge in [-0.25, -0.2) is 0 Å². The van der Waals surface area contributed by atoms with Gasteiger partial charge in [0.15, 0.2) is 11.5 Å². The molecule has 0 spiro atoms. The van der Waals surface area contributed by atoms with E-state index in [1.165, 1.54) is 44.2 Å². The average molecular weight is 655 g/mol. The van der Waals surface area contributed by atoms with E-state index in [1.54, 1.807) is 0 Å². The van der Waals surface area contributed by atoms with Crippen molar-refractivity contribution in [2.45, 2.75) is 19.3 Å². The van der Waals surface area contributed by atoms with Crippen LogP contribution in [0.2, 0.25) is 0 Å². The van der Waals surface area contributed by atoms with Crippen LogP contribution < -0.4 is 4.90 Å². The van der Waals surface area contributed by atoms with Gasteiger partial charge in [0, 0.05) is 38.8 Å². The van der Waals surface area contributed by atoms with Gasteiger partial charge >= 0.3 is 0 Å². The monoisotopic (exact) mass is 654 g/mol. The van der Waals surface area contributed by atoms with Crippen LogP contribution in [0.4, 0.5) is 17.1 Å². The lowest BCUT2D eigenvalue weighted by atomic mass is 9.82. The van der Waals surface area contributed by atoms with Gasteiger partial charge < -0.3 is 4.90 Å². The minimum Gasteiger partial charge on any atom is -0.310 e. The molecule has 51 heavy (non-hydrogen) atoms. The Kier molecular flexibility index (Phi) is 6.49. The number of hydrogen-bond acceptors (Lipinski definition) is 3. The van der Waals surface area contributed by atoms with E-state index in [9.17, 15) is 0 Å². The maximum absolute atomic E-state index is 4.93. The molecule has 0 unspecified atom stereocenters. The molecule has 0 bridgehead atoms. The van der Waals surface area contributed by atoms with Gasteiger partial charge in [0.25, 0.3) is 0 Å². The van der Waals surface area contributed by atoms with Gasteiger partial charge in [-0.05, 0) is 87.3 Å². The number of anilines is 3. The first-order chi connectivity index (χ1) is 25.1. The molecule has 0 radical (unpaired) electrons. The quantitative estimate of drug-likeness (QED) is 0.173. The molecule has 7 aromatic carbocycles. The average Bonchev–Trinajstić information content (AvgIpc) is 3.74. The first kappa shape index (κ1) is 29.4.